The molecule has 20 heavy (non-hydrogen) atoms. The molecule has 0 radical (unpaired) electrons. The molecule has 0 aliphatic heterocycles. The Bertz CT molecular complexity index is 628. The maximum Gasteiger partial charge on any atom is 0.116 e. The van der Waals surface area contributed by atoms with Gasteiger partial charge in [-0.15, -0.1) is 0 Å². The lowest BCUT2D eigenvalue weighted by Gasteiger charge is -2.20. The van der Waals surface area contributed by atoms with E-state index >= 15 is 0 Å². The molecular formula is C18H23NO. The summed E-state index contributed by atoms with van der Waals surface area (Å²) in [4.78, 5) is 2.22. The normalized spacial score (nSPS) is 13.9. The first-order valence-corrected chi connectivity index (χ1v) is 7.05. The van der Waals surface area contributed by atoms with E-state index in [2.05, 4.69) is 57.1 Å². The minimum absolute atomic E-state index is 0.317. The molecule has 2 aromatic carbocycles. The lowest BCUT2D eigenvalue weighted by atomic mass is 9.92. The van der Waals surface area contributed by atoms with Crippen molar-refractivity contribution in [1.82, 2.24) is 4.90 Å². The lowest BCUT2D eigenvalue weighted by molar-refractivity contribution is 0.376. The maximum absolute atomic E-state index is 9.53. The molecule has 0 spiro atoms. The topological polar surface area (TPSA) is 23.5 Å². The van der Waals surface area contributed by atoms with E-state index in [4.69, 9.17) is 0 Å². The molecule has 2 nitrogen and oxygen atoms in total. The summed E-state index contributed by atoms with van der Waals surface area (Å²) < 4.78 is 0. The Balaban J connectivity index is 2.38. The zero-order valence-electron chi connectivity index (χ0n) is 12.7. The Morgan fingerprint density at radius 2 is 1.80 bits per heavy atom. The summed E-state index contributed by atoms with van der Waals surface area (Å²) in [6.45, 7) is 5.39. The largest absolute Gasteiger partial charge is 0.508 e. The molecular weight excluding hydrogens is 246 g/mol. The third-order valence-electron chi connectivity index (χ3n) is 3.64. The first-order chi connectivity index (χ1) is 9.51. The Morgan fingerprint density at radius 1 is 1.15 bits per heavy atom. The van der Waals surface area contributed by atoms with Crippen molar-refractivity contribution in [3.8, 4) is 5.75 Å². The molecule has 1 atom stereocenters. The third kappa shape index (κ3) is 3.20. The highest BCUT2D eigenvalue weighted by Crippen LogP contribution is 2.28. The smallest absolute Gasteiger partial charge is 0.116 e. The molecule has 106 valence electrons. The van der Waals surface area contributed by atoms with Gasteiger partial charge in [0.2, 0.25) is 0 Å². The van der Waals surface area contributed by atoms with E-state index < -0.39 is 0 Å². The van der Waals surface area contributed by atoms with E-state index in [0.29, 0.717) is 11.7 Å². The number of fused-ring (bicyclic) bond motifs is 1. The van der Waals surface area contributed by atoms with Gasteiger partial charge in [0.05, 0.1) is 0 Å². The van der Waals surface area contributed by atoms with Crippen molar-refractivity contribution >= 4 is 16.3 Å². The van der Waals surface area contributed by atoms with Gasteiger partial charge >= 0.3 is 0 Å². The van der Waals surface area contributed by atoms with Gasteiger partial charge in [0.15, 0.2) is 0 Å². The first-order valence-electron chi connectivity index (χ1n) is 7.05. The molecule has 0 saturated carbocycles. The Hall–Kier alpha value is -1.80. The Labute approximate surface area is 121 Å². The zero-order valence-corrected chi connectivity index (χ0v) is 12.7. The van der Waals surface area contributed by atoms with Crippen LogP contribution in [0.15, 0.2) is 42.5 Å². The predicted molar refractivity (Wildman–Crippen MR) is 87.0 cm³/mol. The highest BCUT2D eigenvalue weighted by Gasteiger charge is 2.11. The van der Waals surface area contributed by atoms with Crippen LogP contribution in [0.3, 0.4) is 0 Å². The van der Waals surface area contributed by atoms with Gasteiger partial charge in [-0.2, -0.15) is 0 Å². The minimum atomic E-state index is 0.317. The van der Waals surface area contributed by atoms with Crippen LogP contribution in [0.5, 0.6) is 5.75 Å². The number of phenolic OH excluding ortho intramolecular Hbond substituents is 1. The fraction of sp³-hybridized carbons (Fsp3) is 0.333. The van der Waals surface area contributed by atoms with Crippen LogP contribution in [0, 0.1) is 5.92 Å². The molecule has 0 aliphatic carbocycles. The summed E-state index contributed by atoms with van der Waals surface area (Å²) in [6, 6.07) is 11.9. The Kier molecular flexibility index (Phi) is 4.46. The summed E-state index contributed by atoms with van der Waals surface area (Å²) >= 11 is 0. The summed E-state index contributed by atoms with van der Waals surface area (Å²) in [7, 11) is 4.21. The molecule has 2 rings (SSSR count). The van der Waals surface area contributed by atoms with Crippen molar-refractivity contribution in [3.05, 3.63) is 48.0 Å². The van der Waals surface area contributed by atoms with E-state index in [9.17, 15) is 5.11 Å². The molecule has 0 heterocycles. The average Bonchev–Trinajstić information content (AvgIpc) is 2.38. The third-order valence-corrected chi connectivity index (χ3v) is 3.64. The molecule has 1 N–H and O–H groups in total. The summed E-state index contributed by atoms with van der Waals surface area (Å²) in [5.41, 5.74) is 2.63. The number of aromatic hydroxyl groups is 1. The van der Waals surface area contributed by atoms with Crippen LogP contribution in [-0.2, 0) is 0 Å². The number of benzene rings is 2. The zero-order chi connectivity index (χ0) is 14.7. The van der Waals surface area contributed by atoms with Crippen LogP contribution in [0.2, 0.25) is 0 Å². The summed E-state index contributed by atoms with van der Waals surface area (Å²) in [6.07, 6.45) is 2.20. The van der Waals surface area contributed by atoms with Crippen LogP contribution in [0.4, 0.5) is 0 Å². The van der Waals surface area contributed by atoms with E-state index in [0.717, 1.165) is 17.3 Å². The quantitative estimate of drug-likeness (QED) is 0.901. The molecule has 1 unspecified atom stereocenters. The van der Waals surface area contributed by atoms with Gasteiger partial charge in [0.1, 0.15) is 5.75 Å². The predicted octanol–water partition coefficient (Wildman–Crippen LogP) is 4.15. The fourth-order valence-corrected chi connectivity index (χ4v) is 2.79. The first kappa shape index (κ1) is 14.6. The number of phenols is 1. The lowest BCUT2D eigenvalue weighted by Crippen LogP contribution is -2.20. The van der Waals surface area contributed by atoms with Gasteiger partial charge in [-0.25, -0.2) is 0 Å². The molecule has 0 saturated heterocycles. The van der Waals surface area contributed by atoms with Crippen LogP contribution >= 0.6 is 0 Å². The number of allylic oxidation sites excluding steroid dienone is 1. The standard InChI is InChI=1S/C18H23NO/c1-5-18(13(2)12-19(3)4)16-7-6-15-11-17(20)9-8-14(15)10-16/h5-11,13,20H,12H2,1-4H3/b18-5+. The maximum atomic E-state index is 9.53. The molecule has 2 aromatic rings. The van der Waals surface area contributed by atoms with Crippen molar-refractivity contribution in [1.29, 1.82) is 0 Å². The highest BCUT2D eigenvalue weighted by molar-refractivity contribution is 5.87. The van der Waals surface area contributed by atoms with E-state index in [1.165, 1.54) is 11.1 Å². The number of hydrogen-bond donors (Lipinski definition) is 1. The number of rotatable bonds is 4. The molecule has 2 heteroatoms. The fourth-order valence-electron chi connectivity index (χ4n) is 2.79. The molecule has 0 aliphatic rings. The Morgan fingerprint density at radius 3 is 2.45 bits per heavy atom. The van der Waals surface area contributed by atoms with Crippen LogP contribution in [0.1, 0.15) is 19.4 Å². The van der Waals surface area contributed by atoms with Crippen LogP contribution < -0.4 is 0 Å². The molecule has 0 amide bonds. The van der Waals surface area contributed by atoms with E-state index in [1.807, 2.05) is 6.07 Å². The van der Waals surface area contributed by atoms with Crippen molar-refractivity contribution in [2.75, 3.05) is 20.6 Å². The average molecular weight is 269 g/mol. The second-order valence-corrected chi connectivity index (χ2v) is 5.65. The van der Waals surface area contributed by atoms with Crippen LogP contribution in [0.25, 0.3) is 16.3 Å². The van der Waals surface area contributed by atoms with Gasteiger partial charge in [-0.1, -0.05) is 31.2 Å². The van der Waals surface area contributed by atoms with E-state index in [1.54, 1.807) is 12.1 Å². The van der Waals surface area contributed by atoms with Gasteiger partial charge in [-0.3, -0.25) is 0 Å². The minimum Gasteiger partial charge on any atom is -0.508 e. The van der Waals surface area contributed by atoms with Crippen molar-refractivity contribution in [3.63, 3.8) is 0 Å². The monoisotopic (exact) mass is 269 g/mol. The molecule has 0 aromatic heterocycles. The summed E-state index contributed by atoms with van der Waals surface area (Å²) in [5.74, 6) is 0.807. The van der Waals surface area contributed by atoms with Gasteiger partial charge in [0.25, 0.3) is 0 Å². The molecule has 0 fully saturated rings. The second kappa shape index (κ2) is 6.10. The van der Waals surface area contributed by atoms with Gasteiger partial charge in [0, 0.05) is 6.54 Å². The number of hydrogen-bond acceptors (Lipinski definition) is 2. The van der Waals surface area contributed by atoms with Gasteiger partial charge in [-0.05, 0) is 67.0 Å². The van der Waals surface area contributed by atoms with Gasteiger partial charge < -0.3 is 10.0 Å². The second-order valence-electron chi connectivity index (χ2n) is 5.65. The summed E-state index contributed by atoms with van der Waals surface area (Å²) in [5, 5.41) is 11.8. The SMILES string of the molecule is C/C=C(/c1ccc2cc(O)ccc2c1)C(C)CN(C)C. The van der Waals surface area contributed by atoms with E-state index in [-0.39, 0.29) is 0 Å². The van der Waals surface area contributed by atoms with Crippen molar-refractivity contribution in [2.24, 2.45) is 5.92 Å². The van der Waals surface area contributed by atoms with Crippen molar-refractivity contribution in [2.45, 2.75) is 13.8 Å². The highest BCUT2D eigenvalue weighted by atomic mass is 16.3. The van der Waals surface area contributed by atoms with Crippen molar-refractivity contribution < 1.29 is 5.11 Å². The molecule has 0 bridgehead atoms. The van der Waals surface area contributed by atoms with Crippen LogP contribution in [-0.4, -0.2) is 30.6 Å². The number of nitrogens with zero attached hydrogens (tertiary/aromatic N) is 1.